The lowest BCUT2D eigenvalue weighted by molar-refractivity contribution is 0.0713. The predicted octanol–water partition coefficient (Wildman–Crippen LogP) is 2.61. The van der Waals surface area contributed by atoms with Crippen LogP contribution in [0.4, 0.5) is 4.39 Å². The van der Waals surface area contributed by atoms with Crippen molar-refractivity contribution in [1.82, 2.24) is 9.88 Å². The molecule has 1 aliphatic heterocycles. The molecule has 1 aromatic rings. The van der Waals surface area contributed by atoms with E-state index in [1.165, 1.54) is 12.3 Å². The number of halogens is 2. The summed E-state index contributed by atoms with van der Waals surface area (Å²) in [4.78, 5) is 17.4. The topological polar surface area (TPSA) is 33.2 Å². The number of amides is 1. The summed E-state index contributed by atoms with van der Waals surface area (Å²) in [6, 6.07) is 1.27. The largest absolute Gasteiger partial charge is 0.337 e. The number of rotatable bonds is 1. The molecule has 2 rings (SSSR count). The Hall–Kier alpha value is -0.970. The number of pyridine rings is 1. The number of piperidine rings is 1. The van der Waals surface area contributed by atoms with Crippen LogP contribution in [0.15, 0.2) is 16.7 Å². The molecule has 1 amide bonds. The van der Waals surface area contributed by atoms with Crippen LogP contribution < -0.4 is 0 Å². The highest BCUT2D eigenvalue weighted by Crippen LogP contribution is 2.16. The third-order valence-electron chi connectivity index (χ3n) is 2.65. The van der Waals surface area contributed by atoms with Crippen molar-refractivity contribution in [1.29, 1.82) is 0 Å². The first-order valence-corrected chi connectivity index (χ1v) is 6.08. The molecule has 0 saturated carbocycles. The molecule has 0 aromatic carbocycles. The van der Waals surface area contributed by atoms with Crippen molar-refractivity contribution >= 4 is 21.8 Å². The molecule has 0 atom stereocenters. The summed E-state index contributed by atoms with van der Waals surface area (Å²) in [7, 11) is 0. The summed E-state index contributed by atoms with van der Waals surface area (Å²) in [6.45, 7) is 1.41. The first-order chi connectivity index (χ1) is 7.68. The van der Waals surface area contributed by atoms with E-state index < -0.39 is 5.82 Å². The van der Waals surface area contributed by atoms with Gasteiger partial charge in [-0.2, -0.15) is 0 Å². The van der Waals surface area contributed by atoms with Crippen LogP contribution in [-0.2, 0) is 0 Å². The monoisotopic (exact) mass is 286 g/mol. The highest BCUT2D eigenvalue weighted by molar-refractivity contribution is 9.10. The second-order valence-electron chi connectivity index (χ2n) is 3.84. The number of hydrogen-bond acceptors (Lipinski definition) is 2. The van der Waals surface area contributed by atoms with Gasteiger partial charge < -0.3 is 4.90 Å². The van der Waals surface area contributed by atoms with Crippen molar-refractivity contribution in [3.63, 3.8) is 0 Å². The molecule has 1 aromatic heterocycles. The third-order valence-corrected chi connectivity index (χ3v) is 3.09. The van der Waals surface area contributed by atoms with Crippen LogP contribution in [-0.4, -0.2) is 28.9 Å². The van der Waals surface area contributed by atoms with E-state index in [4.69, 9.17) is 0 Å². The second kappa shape index (κ2) is 4.91. The number of likely N-dealkylation sites (tertiary alicyclic amines) is 1. The Morgan fingerprint density at radius 1 is 1.38 bits per heavy atom. The molecule has 0 N–H and O–H groups in total. The first kappa shape index (κ1) is 11.5. The summed E-state index contributed by atoms with van der Waals surface area (Å²) in [5.74, 6) is -0.866. The predicted molar refractivity (Wildman–Crippen MR) is 61.6 cm³/mol. The molecular weight excluding hydrogens is 275 g/mol. The standard InChI is InChI=1S/C11H12BrFN2O/c12-8-6-9(13)10(14-7-8)11(16)15-4-2-1-3-5-15/h6-7H,1-5H2. The molecule has 1 aliphatic rings. The minimum Gasteiger partial charge on any atom is -0.337 e. The van der Waals surface area contributed by atoms with E-state index in [1.54, 1.807) is 4.90 Å². The summed E-state index contributed by atoms with van der Waals surface area (Å²) < 4.78 is 14.1. The average molecular weight is 287 g/mol. The summed E-state index contributed by atoms with van der Waals surface area (Å²) in [6.07, 6.45) is 4.56. The second-order valence-corrected chi connectivity index (χ2v) is 4.75. The van der Waals surface area contributed by atoms with Crippen molar-refractivity contribution in [2.45, 2.75) is 19.3 Å². The number of carbonyl (C=O) groups excluding carboxylic acids is 1. The molecule has 2 heterocycles. The van der Waals surface area contributed by atoms with Gasteiger partial charge in [-0.25, -0.2) is 9.37 Å². The SMILES string of the molecule is O=C(c1ncc(Br)cc1F)N1CCCCC1. The first-order valence-electron chi connectivity index (χ1n) is 5.29. The summed E-state index contributed by atoms with van der Waals surface area (Å²) in [5.41, 5.74) is -0.0786. The molecule has 1 saturated heterocycles. The molecule has 0 spiro atoms. The third kappa shape index (κ3) is 2.40. The van der Waals surface area contributed by atoms with Gasteiger partial charge in [-0.05, 0) is 41.3 Å². The Labute approximate surface area is 102 Å². The Bertz CT molecular complexity index is 405. The summed E-state index contributed by atoms with van der Waals surface area (Å²) >= 11 is 3.11. The zero-order chi connectivity index (χ0) is 11.5. The van der Waals surface area contributed by atoms with Crippen LogP contribution in [0.1, 0.15) is 29.8 Å². The van der Waals surface area contributed by atoms with Crippen LogP contribution in [0.25, 0.3) is 0 Å². The van der Waals surface area contributed by atoms with Gasteiger partial charge in [0.2, 0.25) is 0 Å². The van der Waals surface area contributed by atoms with Crippen molar-refractivity contribution in [3.05, 3.63) is 28.2 Å². The molecule has 3 nitrogen and oxygen atoms in total. The van der Waals surface area contributed by atoms with Gasteiger partial charge in [-0.15, -0.1) is 0 Å². The van der Waals surface area contributed by atoms with E-state index in [9.17, 15) is 9.18 Å². The van der Waals surface area contributed by atoms with Crippen LogP contribution in [0.5, 0.6) is 0 Å². The van der Waals surface area contributed by atoms with Gasteiger partial charge in [0, 0.05) is 23.8 Å². The van der Waals surface area contributed by atoms with Crippen molar-refractivity contribution < 1.29 is 9.18 Å². The number of aromatic nitrogens is 1. The minimum absolute atomic E-state index is 0.0786. The Kier molecular flexibility index (Phi) is 3.53. The van der Waals surface area contributed by atoms with E-state index in [-0.39, 0.29) is 11.6 Å². The van der Waals surface area contributed by atoms with E-state index in [1.807, 2.05) is 0 Å². The summed E-state index contributed by atoms with van der Waals surface area (Å²) in [5, 5.41) is 0. The maximum absolute atomic E-state index is 13.5. The fraction of sp³-hybridized carbons (Fsp3) is 0.455. The molecule has 86 valence electrons. The molecular formula is C11H12BrFN2O. The van der Waals surface area contributed by atoms with E-state index in [0.29, 0.717) is 17.6 Å². The number of carbonyl (C=O) groups is 1. The lowest BCUT2D eigenvalue weighted by Crippen LogP contribution is -2.36. The molecule has 16 heavy (non-hydrogen) atoms. The van der Waals surface area contributed by atoms with Gasteiger partial charge in [0.25, 0.3) is 5.91 Å². The van der Waals surface area contributed by atoms with Gasteiger partial charge in [-0.1, -0.05) is 0 Å². The quantitative estimate of drug-likeness (QED) is 0.795. The lowest BCUT2D eigenvalue weighted by atomic mass is 10.1. The molecule has 0 unspecified atom stereocenters. The van der Waals surface area contributed by atoms with E-state index in [0.717, 1.165) is 19.3 Å². The van der Waals surface area contributed by atoms with Crippen LogP contribution in [0.3, 0.4) is 0 Å². The van der Waals surface area contributed by atoms with Crippen molar-refractivity contribution in [2.75, 3.05) is 13.1 Å². The van der Waals surface area contributed by atoms with Crippen LogP contribution in [0, 0.1) is 5.82 Å². The number of nitrogens with zero attached hydrogens (tertiary/aromatic N) is 2. The Morgan fingerprint density at radius 2 is 2.06 bits per heavy atom. The molecule has 0 radical (unpaired) electrons. The highest BCUT2D eigenvalue weighted by Gasteiger charge is 2.22. The molecule has 0 aliphatic carbocycles. The molecule has 0 bridgehead atoms. The van der Waals surface area contributed by atoms with Crippen molar-refractivity contribution in [2.24, 2.45) is 0 Å². The number of hydrogen-bond donors (Lipinski definition) is 0. The highest BCUT2D eigenvalue weighted by atomic mass is 79.9. The normalized spacial score (nSPS) is 16.2. The Balaban J connectivity index is 2.19. The zero-order valence-corrected chi connectivity index (χ0v) is 10.3. The average Bonchev–Trinajstić information content (AvgIpc) is 2.29. The van der Waals surface area contributed by atoms with Gasteiger partial charge >= 0.3 is 0 Å². The Morgan fingerprint density at radius 3 is 2.69 bits per heavy atom. The zero-order valence-electron chi connectivity index (χ0n) is 8.75. The van der Waals surface area contributed by atoms with Crippen molar-refractivity contribution in [3.8, 4) is 0 Å². The molecule has 5 heteroatoms. The lowest BCUT2D eigenvalue weighted by Gasteiger charge is -2.26. The fourth-order valence-corrected chi connectivity index (χ4v) is 2.12. The maximum Gasteiger partial charge on any atom is 0.275 e. The minimum atomic E-state index is -0.565. The van der Waals surface area contributed by atoms with Crippen LogP contribution >= 0.6 is 15.9 Å². The van der Waals surface area contributed by atoms with Gasteiger partial charge in [0.1, 0.15) is 0 Å². The van der Waals surface area contributed by atoms with E-state index in [2.05, 4.69) is 20.9 Å². The maximum atomic E-state index is 13.5. The molecule has 1 fully saturated rings. The fourth-order valence-electron chi connectivity index (χ4n) is 1.82. The van der Waals surface area contributed by atoms with E-state index >= 15 is 0 Å². The van der Waals surface area contributed by atoms with Gasteiger partial charge in [0.15, 0.2) is 11.5 Å². The van der Waals surface area contributed by atoms with Gasteiger partial charge in [-0.3, -0.25) is 4.79 Å². The van der Waals surface area contributed by atoms with Crippen LogP contribution in [0.2, 0.25) is 0 Å². The van der Waals surface area contributed by atoms with Gasteiger partial charge in [0.05, 0.1) is 0 Å². The smallest absolute Gasteiger partial charge is 0.275 e.